The van der Waals surface area contributed by atoms with Crippen molar-refractivity contribution in [2.75, 3.05) is 6.61 Å². The Hall–Kier alpha value is -2.55. The predicted molar refractivity (Wildman–Crippen MR) is 114 cm³/mol. The van der Waals surface area contributed by atoms with Crippen LogP contribution in [0.1, 0.15) is 61.6 Å². The zero-order valence-corrected chi connectivity index (χ0v) is 18.5. The maximum atomic E-state index is 14.1. The number of ether oxygens (including phenoxy) is 2. The maximum absolute atomic E-state index is 14.1. The Morgan fingerprint density at radius 3 is 2.21 bits per heavy atom. The predicted octanol–water partition coefficient (Wildman–Crippen LogP) is 8.17. The fourth-order valence-electron chi connectivity index (χ4n) is 3.98. The highest BCUT2D eigenvalue weighted by atomic mass is 19.4. The standard InChI is InChI=1S/C25H25F7O2/c1-2-3-20(26)23(29)17-7-5-16(6-8-17)18-9-11-19(33-14-18)10-4-15-12-21(27)24(22(28)13-15)34-25(30,31)32/h5-8,12-13,18-19H,2-4,9-11,14H2,1H3. The highest BCUT2D eigenvalue weighted by Crippen LogP contribution is 2.33. The van der Waals surface area contributed by atoms with Gasteiger partial charge in [-0.15, -0.1) is 13.2 Å². The smallest absolute Gasteiger partial charge is 0.399 e. The van der Waals surface area contributed by atoms with Gasteiger partial charge in [0.05, 0.1) is 12.7 Å². The fraction of sp³-hybridized carbons (Fsp3) is 0.440. The largest absolute Gasteiger partial charge is 0.573 e. The van der Waals surface area contributed by atoms with E-state index in [4.69, 9.17) is 4.74 Å². The minimum absolute atomic E-state index is 0.0518. The zero-order chi connectivity index (χ0) is 24.9. The highest BCUT2D eigenvalue weighted by Gasteiger charge is 2.34. The summed E-state index contributed by atoms with van der Waals surface area (Å²) in [5.74, 6) is -5.84. The number of hydrogen-bond acceptors (Lipinski definition) is 2. The quantitative estimate of drug-likeness (QED) is 0.348. The number of hydrogen-bond donors (Lipinski definition) is 0. The van der Waals surface area contributed by atoms with E-state index in [1.54, 1.807) is 31.2 Å². The van der Waals surface area contributed by atoms with E-state index in [0.717, 1.165) is 24.1 Å². The molecule has 0 aliphatic carbocycles. The van der Waals surface area contributed by atoms with Crippen LogP contribution in [0.3, 0.4) is 0 Å². The summed E-state index contributed by atoms with van der Waals surface area (Å²) in [5, 5.41) is 0. The molecule has 3 rings (SSSR count). The second kappa shape index (κ2) is 11.3. The molecule has 0 N–H and O–H groups in total. The number of halogens is 7. The van der Waals surface area contributed by atoms with E-state index in [2.05, 4.69) is 4.74 Å². The van der Waals surface area contributed by atoms with Crippen LogP contribution in [0.2, 0.25) is 0 Å². The number of aryl methyl sites for hydroxylation is 1. The SMILES string of the molecule is CCCC(F)=C(F)c1ccc(C2CCC(CCc3cc(F)c(OC(F)(F)F)c(F)c3)OC2)cc1. The zero-order valence-electron chi connectivity index (χ0n) is 18.5. The van der Waals surface area contributed by atoms with Crippen LogP contribution < -0.4 is 4.74 Å². The van der Waals surface area contributed by atoms with Gasteiger partial charge in [0, 0.05) is 17.9 Å². The molecule has 186 valence electrons. The van der Waals surface area contributed by atoms with Crippen molar-refractivity contribution >= 4 is 5.83 Å². The van der Waals surface area contributed by atoms with E-state index >= 15 is 0 Å². The van der Waals surface area contributed by atoms with Gasteiger partial charge in [-0.1, -0.05) is 31.2 Å². The number of rotatable bonds is 8. The maximum Gasteiger partial charge on any atom is 0.573 e. The monoisotopic (exact) mass is 490 g/mol. The first kappa shape index (κ1) is 26.1. The Morgan fingerprint density at radius 1 is 1.03 bits per heavy atom. The van der Waals surface area contributed by atoms with Gasteiger partial charge >= 0.3 is 6.36 Å². The molecule has 2 aromatic carbocycles. The van der Waals surface area contributed by atoms with E-state index in [0.29, 0.717) is 25.9 Å². The Balaban J connectivity index is 1.52. The van der Waals surface area contributed by atoms with Gasteiger partial charge in [-0.25, -0.2) is 17.6 Å². The van der Waals surface area contributed by atoms with Crippen molar-refractivity contribution in [2.24, 2.45) is 0 Å². The van der Waals surface area contributed by atoms with E-state index in [-0.39, 0.29) is 36.0 Å². The second-order valence-corrected chi connectivity index (χ2v) is 8.30. The number of benzene rings is 2. The third-order valence-electron chi connectivity index (χ3n) is 5.74. The van der Waals surface area contributed by atoms with Crippen LogP contribution in [-0.2, 0) is 11.2 Å². The summed E-state index contributed by atoms with van der Waals surface area (Å²) in [4.78, 5) is 0. The average Bonchev–Trinajstić information content (AvgIpc) is 2.79. The van der Waals surface area contributed by atoms with Crippen LogP contribution in [0, 0.1) is 11.6 Å². The molecular formula is C25H25F7O2. The molecule has 9 heteroatoms. The Kier molecular flexibility index (Phi) is 8.62. The molecule has 2 nitrogen and oxygen atoms in total. The average molecular weight is 490 g/mol. The van der Waals surface area contributed by atoms with Crippen LogP contribution in [0.4, 0.5) is 30.7 Å². The van der Waals surface area contributed by atoms with Crippen molar-refractivity contribution in [3.8, 4) is 5.75 Å². The molecule has 1 aliphatic rings. The van der Waals surface area contributed by atoms with Gasteiger partial charge in [-0.3, -0.25) is 0 Å². The number of alkyl halides is 3. The summed E-state index contributed by atoms with van der Waals surface area (Å²) in [6.45, 7) is 2.17. The van der Waals surface area contributed by atoms with Gasteiger partial charge < -0.3 is 9.47 Å². The molecule has 1 heterocycles. The van der Waals surface area contributed by atoms with Crippen LogP contribution in [-0.4, -0.2) is 19.1 Å². The van der Waals surface area contributed by atoms with Gasteiger partial charge in [0.2, 0.25) is 5.75 Å². The van der Waals surface area contributed by atoms with Crippen LogP contribution in [0.25, 0.3) is 5.83 Å². The normalized spacial score (nSPS) is 19.6. The van der Waals surface area contributed by atoms with Crippen molar-refractivity contribution in [1.29, 1.82) is 0 Å². The lowest BCUT2D eigenvalue weighted by atomic mass is 9.89. The lowest BCUT2D eigenvalue weighted by molar-refractivity contribution is -0.276. The molecule has 2 aromatic rings. The van der Waals surface area contributed by atoms with Crippen LogP contribution >= 0.6 is 0 Å². The molecule has 0 bridgehead atoms. The van der Waals surface area contributed by atoms with E-state index < -0.39 is 35.4 Å². The van der Waals surface area contributed by atoms with Crippen molar-refractivity contribution in [3.05, 3.63) is 70.5 Å². The number of allylic oxidation sites excluding steroid dienone is 1. The van der Waals surface area contributed by atoms with E-state index in [1.807, 2.05) is 0 Å². The molecule has 1 saturated heterocycles. The van der Waals surface area contributed by atoms with E-state index in [1.165, 1.54) is 0 Å². The first-order valence-corrected chi connectivity index (χ1v) is 11.1. The topological polar surface area (TPSA) is 18.5 Å². The summed E-state index contributed by atoms with van der Waals surface area (Å²) in [6.07, 6.45) is -2.69. The molecule has 2 unspecified atom stereocenters. The van der Waals surface area contributed by atoms with Crippen molar-refractivity contribution in [2.45, 2.75) is 63.8 Å². The van der Waals surface area contributed by atoms with Gasteiger partial charge in [0.25, 0.3) is 0 Å². The van der Waals surface area contributed by atoms with Gasteiger partial charge in [0.15, 0.2) is 17.5 Å². The van der Waals surface area contributed by atoms with Crippen LogP contribution in [0.15, 0.2) is 42.2 Å². The minimum atomic E-state index is -5.19. The van der Waals surface area contributed by atoms with Crippen molar-refractivity contribution in [1.82, 2.24) is 0 Å². The summed E-state index contributed by atoms with van der Waals surface area (Å²) in [7, 11) is 0. The summed E-state index contributed by atoms with van der Waals surface area (Å²) < 4.78 is 102. The Bertz CT molecular complexity index is 968. The minimum Gasteiger partial charge on any atom is -0.399 e. The van der Waals surface area contributed by atoms with Gasteiger partial charge in [0.1, 0.15) is 5.83 Å². The summed E-state index contributed by atoms with van der Waals surface area (Å²) in [6, 6.07) is 8.24. The van der Waals surface area contributed by atoms with Crippen molar-refractivity contribution < 1.29 is 40.2 Å². The molecule has 0 saturated carbocycles. The molecule has 0 aromatic heterocycles. The summed E-state index contributed by atoms with van der Waals surface area (Å²) >= 11 is 0. The third kappa shape index (κ3) is 6.98. The molecule has 0 radical (unpaired) electrons. The molecule has 0 spiro atoms. The highest BCUT2D eigenvalue weighted by molar-refractivity contribution is 5.61. The molecule has 34 heavy (non-hydrogen) atoms. The van der Waals surface area contributed by atoms with E-state index in [9.17, 15) is 30.7 Å². The van der Waals surface area contributed by atoms with Crippen LogP contribution in [0.5, 0.6) is 5.75 Å². The summed E-state index contributed by atoms with van der Waals surface area (Å²) in [5.41, 5.74) is 1.34. The molecule has 1 fully saturated rings. The molecule has 1 aliphatic heterocycles. The fourth-order valence-corrected chi connectivity index (χ4v) is 3.98. The molecular weight excluding hydrogens is 465 g/mol. The lowest BCUT2D eigenvalue weighted by Gasteiger charge is -2.29. The second-order valence-electron chi connectivity index (χ2n) is 8.30. The first-order valence-electron chi connectivity index (χ1n) is 11.1. The Labute approximate surface area is 193 Å². The third-order valence-corrected chi connectivity index (χ3v) is 5.74. The first-order chi connectivity index (χ1) is 16.1. The molecule has 2 atom stereocenters. The lowest BCUT2D eigenvalue weighted by Crippen LogP contribution is -2.25. The van der Waals surface area contributed by atoms with Gasteiger partial charge in [-0.2, -0.15) is 0 Å². The van der Waals surface area contributed by atoms with Gasteiger partial charge in [-0.05, 0) is 55.4 Å². The Morgan fingerprint density at radius 2 is 1.68 bits per heavy atom. The van der Waals surface area contributed by atoms with Crippen molar-refractivity contribution in [3.63, 3.8) is 0 Å². The molecule has 0 amide bonds.